The topological polar surface area (TPSA) is 78.4 Å². The summed E-state index contributed by atoms with van der Waals surface area (Å²) in [4.78, 5) is 25.5. The first-order valence-corrected chi connectivity index (χ1v) is 8.45. The fourth-order valence-corrected chi connectivity index (χ4v) is 2.96. The van der Waals surface area contributed by atoms with Crippen LogP contribution in [0.25, 0.3) is 0 Å². The first-order chi connectivity index (χ1) is 12.0. The maximum absolute atomic E-state index is 12.9. The highest BCUT2D eigenvalue weighted by molar-refractivity contribution is 6.30. The fraction of sp³-hybridized carbons (Fsp3) is 0.300. The number of nitrogens with one attached hydrogen (secondary N) is 2. The van der Waals surface area contributed by atoms with Crippen molar-refractivity contribution in [3.63, 3.8) is 0 Å². The summed E-state index contributed by atoms with van der Waals surface area (Å²) in [5.41, 5.74) is 2.24. The number of hydrogen-bond acceptors (Lipinski definition) is 5. The Hall–Kier alpha value is -2.50. The van der Waals surface area contributed by atoms with Crippen LogP contribution in [0, 0.1) is 0 Å². The predicted molar refractivity (Wildman–Crippen MR) is 97.4 cm³/mol. The summed E-state index contributed by atoms with van der Waals surface area (Å²) in [6.07, 6.45) is -0.597. The quantitative estimate of drug-likeness (QED) is 0.642. The molecule has 1 aliphatic rings. The van der Waals surface area contributed by atoms with Crippen molar-refractivity contribution in [3.8, 4) is 0 Å². The fourth-order valence-electron chi connectivity index (χ4n) is 2.96. The van der Waals surface area contributed by atoms with Gasteiger partial charge in [0.05, 0.1) is 11.7 Å². The molecule has 2 aromatic rings. The van der Waals surface area contributed by atoms with Crippen LogP contribution in [0.5, 0.6) is 0 Å². The third kappa shape index (κ3) is 3.48. The van der Waals surface area contributed by atoms with E-state index in [1.54, 1.807) is 42.5 Å². The lowest BCUT2D eigenvalue weighted by molar-refractivity contribution is 0.0979. The number of ketones is 2. The number of carbonyl (C=O) groups is 2. The number of benzene rings is 2. The molecule has 0 heterocycles. The highest BCUT2D eigenvalue weighted by atomic mass is 16.3. The first-order valence-electron chi connectivity index (χ1n) is 8.45. The summed E-state index contributed by atoms with van der Waals surface area (Å²) in [5, 5.41) is 16.3. The summed E-state index contributed by atoms with van der Waals surface area (Å²) < 4.78 is 0. The highest BCUT2D eigenvalue weighted by Gasteiger charge is 2.31. The lowest BCUT2D eigenvalue weighted by Gasteiger charge is -2.22. The second-order valence-corrected chi connectivity index (χ2v) is 6.53. The predicted octanol–water partition coefficient (Wildman–Crippen LogP) is 2.23. The van der Waals surface area contributed by atoms with E-state index in [-0.39, 0.29) is 17.6 Å². The Bertz CT molecular complexity index is 814. The monoisotopic (exact) mass is 338 g/mol. The van der Waals surface area contributed by atoms with Gasteiger partial charge in [0.2, 0.25) is 0 Å². The molecular weight excluding hydrogens is 316 g/mol. The Balaban J connectivity index is 1.85. The van der Waals surface area contributed by atoms with E-state index in [0.717, 1.165) is 0 Å². The molecule has 130 valence electrons. The molecular formula is C20H22N2O3. The number of aliphatic hydroxyl groups is 1. The summed E-state index contributed by atoms with van der Waals surface area (Å²) in [7, 11) is 0. The van der Waals surface area contributed by atoms with Crippen LogP contribution in [0.1, 0.15) is 45.7 Å². The molecule has 0 aliphatic heterocycles. The zero-order chi connectivity index (χ0) is 18.0. The van der Waals surface area contributed by atoms with Gasteiger partial charge in [-0.2, -0.15) is 0 Å². The second kappa shape index (κ2) is 7.17. The molecule has 0 bridgehead atoms. The van der Waals surface area contributed by atoms with Crippen molar-refractivity contribution in [2.24, 2.45) is 0 Å². The average molecular weight is 338 g/mol. The molecule has 0 fully saturated rings. The lowest BCUT2D eigenvalue weighted by atomic mass is 9.83. The summed E-state index contributed by atoms with van der Waals surface area (Å²) in [6.45, 7) is 4.76. The van der Waals surface area contributed by atoms with Gasteiger partial charge in [-0.05, 0) is 6.07 Å². The van der Waals surface area contributed by atoms with E-state index in [0.29, 0.717) is 41.0 Å². The Kier molecular flexibility index (Phi) is 4.97. The zero-order valence-corrected chi connectivity index (χ0v) is 14.4. The van der Waals surface area contributed by atoms with Crippen molar-refractivity contribution < 1.29 is 14.7 Å². The zero-order valence-electron chi connectivity index (χ0n) is 14.4. The summed E-state index contributed by atoms with van der Waals surface area (Å²) in [6, 6.07) is 12.3. The molecule has 0 spiro atoms. The minimum Gasteiger partial charge on any atom is -0.390 e. The van der Waals surface area contributed by atoms with Gasteiger partial charge in [-0.15, -0.1) is 0 Å². The number of anilines is 1. The van der Waals surface area contributed by atoms with Gasteiger partial charge in [-0.3, -0.25) is 9.59 Å². The van der Waals surface area contributed by atoms with E-state index in [1.807, 2.05) is 13.8 Å². The van der Waals surface area contributed by atoms with Crippen molar-refractivity contribution in [2.75, 3.05) is 18.4 Å². The Morgan fingerprint density at radius 1 is 0.880 bits per heavy atom. The minimum atomic E-state index is -0.597. The largest absolute Gasteiger partial charge is 0.390 e. The van der Waals surface area contributed by atoms with Gasteiger partial charge in [0.25, 0.3) is 0 Å². The van der Waals surface area contributed by atoms with Crippen LogP contribution in [-0.2, 0) is 0 Å². The third-order valence-electron chi connectivity index (χ3n) is 4.24. The highest BCUT2D eigenvalue weighted by Crippen LogP contribution is 2.31. The molecule has 1 aliphatic carbocycles. The molecule has 0 aromatic heterocycles. The molecule has 3 rings (SSSR count). The maximum atomic E-state index is 12.9. The van der Waals surface area contributed by atoms with Gasteiger partial charge in [-0.25, -0.2) is 0 Å². The number of aliphatic hydroxyl groups excluding tert-OH is 1. The molecule has 25 heavy (non-hydrogen) atoms. The molecule has 1 atom stereocenters. The van der Waals surface area contributed by atoms with E-state index >= 15 is 0 Å². The van der Waals surface area contributed by atoms with Gasteiger partial charge >= 0.3 is 0 Å². The number of hydrogen-bond donors (Lipinski definition) is 3. The number of fused-ring (bicyclic) bond motifs is 2. The molecule has 0 radical (unpaired) electrons. The number of carbonyl (C=O) groups excluding carboxylic acids is 2. The molecule has 5 heteroatoms. The van der Waals surface area contributed by atoms with Crippen LogP contribution in [-0.4, -0.2) is 41.9 Å². The van der Waals surface area contributed by atoms with Gasteiger partial charge in [-0.1, -0.05) is 50.2 Å². The van der Waals surface area contributed by atoms with Crippen molar-refractivity contribution in [2.45, 2.75) is 26.0 Å². The maximum Gasteiger partial charge on any atom is 0.196 e. The molecule has 1 unspecified atom stereocenters. The van der Waals surface area contributed by atoms with Crippen LogP contribution in [0.15, 0.2) is 42.5 Å². The molecule has 0 saturated heterocycles. The SMILES string of the molecule is CC(C)NCC(O)CNc1cccc2c1C(=O)c1ccccc1C2=O. The second-order valence-electron chi connectivity index (χ2n) is 6.53. The van der Waals surface area contributed by atoms with E-state index in [9.17, 15) is 14.7 Å². The van der Waals surface area contributed by atoms with Crippen molar-refractivity contribution in [3.05, 3.63) is 64.7 Å². The first kappa shape index (κ1) is 17.3. The van der Waals surface area contributed by atoms with Crippen molar-refractivity contribution in [1.29, 1.82) is 0 Å². The normalized spacial score (nSPS) is 14.2. The average Bonchev–Trinajstić information content (AvgIpc) is 2.62. The van der Waals surface area contributed by atoms with Gasteiger partial charge in [0.15, 0.2) is 11.6 Å². The number of rotatable bonds is 6. The lowest BCUT2D eigenvalue weighted by Crippen LogP contribution is -2.36. The van der Waals surface area contributed by atoms with Crippen LogP contribution in [0.3, 0.4) is 0 Å². The Morgan fingerprint density at radius 2 is 1.52 bits per heavy atom. The van der Waals surface area contributed by atoms with Crippen LogP contribution < -0.4 is 10.6 Å². The van der Waals surface area contributed by atoms with Gasteiger partial charge in [0, 0.05) is 41.5 Å². The smallest absolute Gasteiger partial charge is 0.196 e. The van der Waals surface area contributed by atoms with E-state index < -0.39 is 6.10 Å². The standard InChI is InChI=1S/C20H22N2O3/c1-12(2)21-10-13(23)11-22-17-9-5-8-16-18(17)20(25)15-7-4-3-6-14(15)19(16)24/h3-9,12-13,21-23H,10-11H2,1-2H3. The summed E-state index contributed by atoms with van der Waals surface area (Å²) >= 11 is 0. The third-order valence-corrected chi connectivity index (χ3v) is 4.24. The van der Waals surface area contributed by atoms with Crippen molar-refractivity contribution >= 4 is 17.3 Å². The van der Waals surface area contributed by atoms with Crippen molar-refractivity contribution in [1.82, 2.24) is 5.32 Å². The summed E-state index contributed by atoms with van der Waals surface area (Å²) in [5.74, 6) is -0.307. The van der Waals surface area contributed by atoms with E-state index in [4.69, 9.17) is 0 Å². The Morgan fingerprint density at radius 3 is 2.20 bits per heavy atom. The van der Waals surface area contributed by atoms with Crippen LogP contribution in [0.2, 0.25) is 0 Å². The van der Waals surface area contributed by atoms with Gasteiger partial charge in [0.1, 0.15) is 0 Å². The van der Waals surface area contributed by atoms with E-state index in [1.165, 1.54) is 0 Å². The molecule has 5 nitrogen and oxygen atoms in total. The van der Waals surface area contributed by atoms with Gasteiger partial charge < -0.3 is 15.7 Å². The van der Waals surface area contributed by atoms with Crippen LogP contribution in [0.4, 0.5) is 5.69 Å². The molecule has 3 N–H and O–H groups in total. The minimum absolute atomic E-state index is 0.143. The molecule has 0 amide bonds. The Labute approximate surface area is 147 Å². The molecule has 0 saturated carbocycles. The van der Waals surface area contributed by atoms with E-state index in [2.05, 4.69) is 10.6 Å². The van der Waals surface area contributed by atoms with Crippen LogP contribution >= 0.6 is 0 Å². The molecule has 2 aromatic carbocycles.